The van der Waals surface area contributed by atoms with Crippen LogP contribution in [0.15, 0.2) is 0 Å². The topological polar surface area (TPSA) is 20.2 Å². The summed E-state index contributed by atoms with van der Waals surface area (Å²) in [5, 5.41) is 0.492. The van der Waals surface area contributed by atoms with Crippen LogP contribution in [0.2, 0.25) is 0 Å². The average molecular weight is 186 g/mol. The minimum absolute atomic E-state index is 0.386. The SMILES string of the molecule is CC1(C)C2CCC1(C)C(SO)C2. The van der Waals surface area contributed by atoms with Crippen molar-refractivity contribution >= 4 is 12.0 Å². The monoisotopic (exact) mass is 186 g/mol. The minimum Gasteiger partial charge on any atom is -0.330 e. The van der Waals surface area contributed by atoms with Crippen LogP contribution in [0.1, 0.15) is 40.0 Å². The summed E-state index contributed by atoms with van der Waals surface area (Å²) in [6.45, 7) is 7.11. The lowest BCUT2D eigenvalue weighted by atomic mass is 9.71. The Morgan fingerprint density at radius 3 is 2.25 bits per heavy atom. The Hall–Kier alpha value is 0.310. The van der Waals surface area contributed by atoms with Crippen LogP contribution in [0.3, 0.4) is 0 Å². The summed E-state index contributed by atoms with van der Waals surface area (Å²) >= 11 is 1.10. The molecule has 0 aromatic rings. The van der Waals surface area contributed by atoms with Gasteiger partial charge in [-0.2, -0.15) is 0 Å². The van der Waals surface area contributed by atoms with Gasteiger partial charge in [-0.25, -0.2) is 0 Å². The van der Waals surface area contributed by atoms with Crippen molar-refractivity contribution in [3.05, 3.63) is 0 Å². The highest BCUT2D eigenvalue weighted by Gasteiger charge is 2.61. The fourth-order valence-corrected chi connectivity index (χ4v) is 4.26. The van der Waals surface area contributed by atoms with Gasteiger partial charge in [0.1, 0.15) is 0 Å². The summed E-state index contributed by atoms with van der Waals surface area (Å²) in [5.74, 6) is 0.854. The van der Waals surface area contributed by atoms with Gasteiger partial charge in [0.05, 0.1) is 0 Å². The third kappa shape index (κ3) is 0.805. The highest BCUT2D eigenvalue weighted by molar-refractivity contribution is 7.94. The molecule has 0 amide bonds. The molecule has 0 aliphatic heterocycles. The van der Waals surface area contributed by atoms with Crippen LogP contribution in [0.5, 0.6) is 0 Å². The Labute approximate surface area is 79.1 Å². The van der Waals surface area contributed by atoms with E-state index in [2.05, 4.69) is 20.8 Å². The van der Waals surface area contributed by atoms with E-state index in [0.29, 0.717) is 16.1 Å². The Balaban J connectivity index is 2.33. The van der Waals surface area contributed by atoms with Gasteiger partial charge >= 0.3 is 0 Å². The van der Waals surface area contributed by atoms with Crippen LogP contribution in [0.4, 0.5) is 0 Å². The smallest absolute Gasteiger partial charge is 0.0370 e. The molecule has 3 unspecified atom stereocenters. The van der Waals surface area contributed by atoms with Gasteiger partial charge in [-0.05, 0) is 48.1 Å². The van der Waals surface area contributed by atoms with Gasteiger partial charge in [0.15, 0.2) is 0 Å². The Bertz CT molecular complexity index is 202. The molecule has 0 saturated heterocycles. The van der Waals surface area contributed by atoms with E-state index in [4.69, 9.17) is 0 Å². The summed E-state index contributed by atoms with van der Waals surface area (Å²) in [4.78, 5) is 0. The van der Waals surface area contributed by atoms with Crippen molar-refractivity contribution in [2.24, 2.45) is 16.7 Å². The van der Waals surface area contributed by atoms with Crippen molar-refractivity contribution in [3.8, 4) is 0 Å². The highest BCUT2D eigenvalue weighted by atomic mass is 32.2. The fraction of sp³-hybridized carbons (Fsp3) is 1.00. The summed E-state index contributed by atoms with van der Waals surface area (Å²) in [6.07, 6.45) is 3.91. The zero-order valence-electron chi connectivity index (χ0n) is 8.13. The molecule has 1 N–H and O–H groups in total. The first-order valence-electron chi connectivity index (χ1n) is 4.82. The average Bonchev–Trinajstić information content (AvgIpc) is 2.34. The van der Waals surface area contributed by atoms with Gasteiger partial charge in [-0.15, -0.1) is 0 Å². The molecule has 2 aliphatic rings. The largest absolute Gasteiger partial charge is 0.330 e. The Kier molecular flexibility index (Phi) is 1.79. The van der Waals surface area contributed by atoms with Gasteiger partial charge in [0, 0.05) is 5.25 Å². The zero-order valence-corrected chi connectivity index (χ0v) is 8.95. The molecule has 3 atom stereocenters. The molecule has 2 heteroatoms. The molecule has 0 aromatic carbocycles. The molecule has 0 radical (unpaired) electrons. The lowest BCUT2D eigenvalue weighted by Crippen LogP contribution is -2.33. The normalized spacial score (nSPS) is 50.0. The van der Waals surface area contributed by atoms with E-state index in [9.17, 15) is 4.55 Å². The second-order valence-corrected chi connectivity index (χ2v) is 5.98. The zero-order chi connectivity index (χ0) is 8.98. The first-order valence-corrected chi connectivity index (χ1v) is 5.66. The van der Waals surface area contributed by atoms with E-state index in [1.165, 1.54) is 19.3 Å². The molecule has 12 heavy (non-hydrogen) atoms. The van der Waals surface area contributed by atoms with E-state index >= 15 is 0 Å². The summed E-state index contributed by atoms with van der Waals surface area (Å²) in [7, 11) is 0. The van der Waals surface area contributed by atoms with Crippen molar-refractivity contribution in [2.45, 2.75) is 45.3 Å². The molecule has 2 aliphatic carbocycles. The molecule has 70 valence electrons. The van der Waals surface area contributed by atoms with Crippen molar-refractivity contribution in [2.75, 3.05) is 0 Å². The molecule has 2 bridgehead atoms. The van der Waals surface area contributed by atoms with Crippen LogP contribution in [0.25, 0.3) is 0 Å². The molecular weight excluding hydrogens is 168 g/mol. The van der Waals surface area contributed by atoms with Crippen molar-refractivity contribution < 1.29 is 4.55 Å². The van der Waals surface area contributed by atoms with Gasteiger partial charge in [0.2, 0.25) is 0 Å². The molecule has 2 fully saturated rings. The maximum atomic E-state index is 9.20. The van der Waals surface area contributed by atoms with Crippen LogP contribution in [-0.4, -0.2) is 9.80 Å². The van der Waals surface area contributed by atoms with Crippen molar-refractivity contribution in [1.29, 1.82) is 0 Å². The first kappa shape index (κ1) is 8.89. The molecule has 0 aromatic heterocycles. The number of rotatable bonds is 1. The lowest BCUT2D eigenvalue weighted by Gasteiger charge is -2.37. The van der Waals surface area contributed by atoms with Crippen LogP contribution in [0, 0.1) is 16.7 Å². The minimum atomic E-state index is 0.386. The van der Waals surface area contributed by atoms with Crippen molar-refractivity contribution in [3.63, 3.8) is 0 Å². The molecule has 1 nitrogen and oxygen atoms in total. The molecule has 2 rings (SSSR count). The van der Waals surface area contributed by atoms with Gasteiger partial charge in [-0.1, -0.05) is 20.8 Å². The maximum absolute atomic E-state index is 9.20. The predicted octanol–water partition coefficient (Wildman–Crippen LogP) is 3.41. The molecule has 2 saturated carbocycles. The third-order valence-electron chi connectivity index (χ3n) is 4.84. The van der Waals surface area contributed by atoms with Gasteiger partial charge in [-0.3, -0.25) is 0 Å². The quantitative estimate of drug-likeness (QED) is 0.633. The van der Waals surface area contributed by atoms with Gasteiger partial charge < -0.3 is 4.55 Å². The second-order valence-electron chi connectivity index (χ2n) is 5.20. The molecule has 0 spiro atoms. The maximum Gasteiger partial charge on any atom is 0.0370 e. The second kappa shape index (κ2) is 2.42. The van der Waals surface area contributed by atoms with E-state index < -0.39 is 0 Å². The lowest BCUT2D eigenvalue weighted by molar-refractivity contribution is 0.155. The fourth-order valence-electron chi connectivity index (χ4n) is 3.29. The third-order valence-corrected chi connectivity index (χ3v) is 5.81. The van der Waals surface area contributed by atoms with E-state index in [1.54, 1.807) is 0 Å². The predicted molar refractivity (Wildman–Crippen MR) is 53.2 cm³/mol. The van der Waals surface area contributed by atoms with Gasteiger partial charge in [0.25, 0.3) is 0 Å². The van der Waals surface area contributed by atoms with Crippen molar-refractivity contribution in [1.82, 2.24) is 0 Å². The summed E-state index contributed by atoms with van der Waals surface area (Å²) < 4.78 is 9.20. The standard InChI is InChI=1S/C10H18OS/c1-9(2)7-4-5-10(9,3)8(6-7)12-11/h7-8,11H,4-6H2,1-3H3. The van der Waals surface area contributed by atoms with E-state index in [0.717, 1.165) is 18.0 Å². The number of hydrogen-bond donors (Lipinski definition) is 1. The first-order chi connectivity index (χ1) is 5.52. The highest BCUT2D eigenvalue weighted by Crippen LogP contribution is 2.67. The van der Waals surface area contributed by atoms with E-state index in [1.807, 2.05) is 0 Å². The van der Waals surface area contributed by atoms with Crippen LogP contribution < -0.4 is 0 Å². The Morgan fingerprint density at radius 2 is 2.00 bits per heavy atom. The number of hydrogen-bond acceptors (Lipinski definition) is 2. The van der Waals surface area contributed by atoms with Crippen LogP contribution >= 0.6 is 12.0 Å². The molecular formula is C10H18OS. The summed E-state index contributed by atoms with van der Waals surface area (Å²) in [6, 6.07) is 0. The molecule has 0 heterocycles. The summed E-state index contributed by atoms with van der Waals surface area (Å²) in [5.41, 5.74) is 0.838. The van der Waals surface area contributed by atoms with Crippen LogP contribution in [-0.2, 0) is 0 Å². The Morgan fingerprint density at radius 1 is 1.33 bits per heavy atom. The number of fused-ring (bicyclic) bond motifs is 2. The van der Waals surface area contributed by atoms with E-state index in [-0.39, 0.29) is 0 Å².